The number of carboxylic acid groups (broad SMARTS) is 1. The Morgan fingerprint density at radius 2 is 2.03 bits per heavy atom. The number of hydrogen-bond donors (Lipinski definition) is 1. The molecule has 0 amide bonds. The Kier molecular flexibility index (Phi) is 6.12. The SMILES string of the molecule is O=CO.[C-]#[N+]c1ccc2ncc3nc(Cc4nc5ccccc5o4)n([C@@H]4CCO[C@H](C)C4)c3c2c1. The molecule has 176 valence electrons. The van der Waals surface area contributed by atoms with Crippen LogP contribution in [0.4, 0.5) is 5.69 Å². The van der Waals surface area contributed by atoms with Crippen LogP contribution in [0.2, 0.25) is 0 Å². The molecule has 0 unspecified atom stereocenters. The molecule has 5 aromatic rings. The van der Waals surface area contributed by atoms with Crippen molar-refractivity contribution in [3.05, 3.63) is 71.8 Å². The van der Waals surface area contributed by atoms with Gasteiger partial charge in [0.2, 0.25) is 5.89 Å². The van der Waals surface area contributed by atoms with Crippen LogP contribution in [-0.2, 0) is 16.0 Å². The third-order valence-corrected chi connectivity index (χ3v) is 6.17. The molecule has 1 aliphatic heterocycles. The van der Waals surface area contributed by atoms with Gasteiger partial charge < -0.3 is 18.8 Å². The number of nitrogens with zero attached hydrogens (tertiary/aromatic N) is 5. The maximum Gasteiger partial charge on any atom is 0.290 e. The standard InChI is InChI=1S/C25H21N5O2.CH2O2/c1-15-11-17(9-10-31-15)30-23(13-24-29-20-5-3-4-6-22(20)32-24)28-21-14-27-19-8-7-16(26-2)12-18(19)25(21)30;2-1-3/h3-8,12,14-15,17H,9-11,13H2,1H3;1H,(H,2,3)/t15-,17-;/m1./s1. The van der Waals surface area contributed by atoms with Gasteiger partial charge in [-0.15, -0.1) is 0 Å². The van der Waals surface area contributed by atoms with Crippen LogP contribution in [0.25, 0.3) is 37.9 Å². The van der Waals surface area contributed by atoms with E-state index in [9.17, 15) is 0 Å². The Hall–Kier alpha value is -4.29. The number of ether oxygens (including phenoxy) is 1. The van der Waals surface area contributed by atoms with Crippen molar-refractivity contribution in [2.75, 3.05) is 6.61 Å². The molecule has 0 aliphatic carbocycles. The summed E-state index contributed by atoms with van der Waals surface area (Å²) >= 11 is 0. The van der Waals surface area contributed by atoms with Gasteiger partial charge in [0.05, 0.1) is 36.3 Å². The van der Waals surface area contributed by atoms with Crippen LogP contribution in [0.1, 0.15) is 37.5 Å². The summed E-state index contributed by atoms with van der Waals surface area (Å²) in [6.07, 6.45) is 4.29. The van der Waals surface area contributed by atoms with E-state index in [2.05, 4.69) is 26.3 Å². The van der Waals surface area contributed by atoms with Gasteiger partial charge in [0.1, 0.15) is 16.9 Å². The van der Waals surface area contributed by atoms with E-state index in [0.717, 1.165) is 51.7 Å². The van der Waals surface area contributed by atoms with Crippen molar-refractivity contribution in [1.29, 1.82) is 0 Å². The first kappa shape index (κ1) is 22.5. The Morgan fingerprint density at radius 1 is 1.20 bits per heavy atom. The smallest absolute Gasteiger partial charge is 0.290 e. The van der Waals surface area contributed by atoms with Gasteiger partial charge in [0, 0.05) is 18.0 Å². The van der Waals surface area contributed by atoms with Gasteiger partial charge in [-0.25, -0.2) is 14.8 Å². The monoisotopic (exact) mass is 469 g/mol. The van der Waals surface area contributed by atoms with Crippen molar-refractivity contribution >= 4 is 45.2 Å². The molecule has 6 rings (SSSR count). The molecule has 1 aliphatic rings. The third-order valence-electron chi connectivity index (χ3n) is 6.17. The molecular formula is C26H23N5O4. The van der Waals surface area contributed by atoms with Crippen molar-refractivity contribution < 1.29 is 19.1 Å². The molecule has 0 spiro atoms. The van der Waals surface area contributed by atoms with E-state index in [-0.39, 0.29) is 18.6 Å². The van der Waals surface area contributed by atoms with E-state index in [1.807, 2.05) is 48.7 Å². The summed E-state index contributed by atoms with van der Waals surface area (Å²) in [7, 11) is 0. The molecule has 0 radical (unpaired) electrons. The molecule has 9 heteroatoms. The molecule has 1 saturated heterocycles. The minimum atomic E-state index is -0.250. The number of fused-ring (bicyclic) bond motifs is 4. The number of aromatic nitrogens is 4. The molecule has 1 N–H and O–H groups in total. The number of rotatable bonds is 3. The van der Waals surface area contributed by atoms with Crippen LogP contribution in [0.3, 0.4) is 0 Å². The molecule has 9 nitrogen and oxygen atoms in total. The normalized spacial score (nSPS) is 17.7. The minimum Gasteiger partial charge on any atom is -0.483 e. The topological polar surface area (TPSA) is 108 Å². The van der Waals surface area contributed by atoms with Crippen molar-refractivity contribution in [2.45, 2.75) is 38.3 Å². The second kappa shape index (κ2) is 9.52. The lowest BCUT2D eigenvalue weighted by atomic mass is 10.0. The largest absolute Gasteiger partial charge is 0.483 e. The quantitative estimate of drug-likeness (QED) is 0.282. The molecule has 2 atom stereocenters. The summed E-state index contributed by atoms with van der Waals surface area (Å²) in [4.78, 5) is 26.2. The van der Waals surface area contributed by atoms with Crippen molar-refractivity contribution in [1.82, 2.24) is 19.5 Å². The number of carbonyl (C=O) groups is 1. The Labute approximate surface area is 200 Å². The van der Waals surface area contributed by atoms with Crippen LogP contribution in [0, 0.1) is 6.57 Å². The number of benzene rings is 2. The van der Waals surface area contributed by atoms with E-state index < -0.39 is 0 Å². The summed E-state index contributed by atoms with van der Waals surface area (Å²) in [6.45, 7) is 10.0. The molecule has 4 heterocycles. The highest BCUT2D eigenvalue weighted by atomic mass is 16.5. The van der Waals surface area contributed by atoms with Crippen LogP contribution in [-0.4, -0.2) is 43.8 Å². The highest BCUT2D eigenvalue weighted by molar-refractivity contribution is 6.03. The average molecular weight is 470 g/mol. The fraction of sp³-hybridized carbons (Fsp3) is 0.269. The number of imidazole rings is 1. The minimum absolute atomic E-state index is 0.176. The fourth-order valence-corrected chi connectivity index (χ4v) is 4.74. The molecule has 35 heavy (non-hydrogen) atoms. The summed E-state index contributed by atoms with van der Waals surface area (Å²) in [5.74, 6) is 1.54. The highest BCUT2D eigenvalue weighted by Gasteiger charge is 2.27. The molecular weight excluding hydrogens is 446 g/mol. The zero-order valence-corrected chi connectivity index (χ0v) is 19.1. The van der Waals surface area contributed by atoms with Gasteiger partial charge in [-0.1, -0.05) is 18.2 Å². The van der Waals surface area contributed by atoms with E-state index >= 15 is 0 Å². The molecule has 1 fully saturated rings. The van der Waals surface area contributed by atoms with Crippen molar-refractivity contribution in [2.24, 2.45) is 0 Å². The van der Waals surface area contributed by atoms with Gasteiger partial charge in [-0.3, -0.25) is 9.78 Å². The predicted molar refractivity (Wildman–Crippen MR) is 130 cm³/mol. The molecule has 2 aromatic carbocycles. The summed E-state index contributed by atoms with van der Waals surface area (Å²) in [5.41, 5.74) is 4.92. The van der Waals surface area contributed by atoms with Gasteiger partial charge in [0.25, 0.3) is 6.47 Å². The molecule has 3 aromatic heterocycles. The molecule has 0 saturated carbocycles. The average Bonchev–Trinajstić information content (AvgIpc) is 3.45. The van der Waals surface area contributed by atoms with E-state index in [4.69, 9.17) is 30.6 Å². The second-order valence-electron chi connectivity index (χ2n) is 8.42. The lowest BCUT2D eigenvalue weighted by Crippen LogP contribution is -2.26. The van der Waals surface area contributed by atoms with Gasteiger partial charge in [-0.2, -0.15) is 0 Å². The van der Waals surface area contributed by atoms with Crippen LogP contribution in [0.15, 0.2) is 53.1 Å². The van der Waals surface area contributed by atoms with E-state index in [1.165, 1.54) is 0 Å². The summed E-state index contributed by atoms with van der Waals surface area (Å²) in [5, 5.41) is 7.84. The van der Waals surface area contributed by atoms with Crippen molar-refractivity contribution in [3.8, 4) is 0 Å². The first-order chi connectivity index (χ1) is 17.1. The van der Waals surface area contributed by atoms with Crippen molar-refractivity contribution in [3.63, 3.8) is 0 Å². The summed E-state index contributed by atoms with van der Waals surface area (Å²) < 4.78 is 14.2. The van der Waals surface area contributed by atoms with Crippen LogP contribution < -0.4 is 0 Å². The molecule has 0 bridgehead atoms. The first-order valence-corrected chi connectivity index (χ1v) is 11.3. The third kappa shape index (κ3) is 4.32. The fourth-order valence-electron chi connectivity index (χ4n) is 4.74. The second-order valence-corrected chi connectivity index (χ2v) is 8.42. The Bertz CT molecular complexity index is 1530. The predicted octanol–water partition coefficient (Wildman–Crippen LogP) is 5.31. The number of oxazole rings is 1. The number of hydrogen-bond acceptors (Lipinski definition) is 6. The number of pyridine rings is 1. The van der Waals surface area contributed by atoms with Crippen LogP contribution in [0.5, 0.6) is 0 Å². The van der Waals surface area contributed by atoms with E-state index in [1.54, 1.807) is 0 Å². The van der Waals surface area contributed by atoms with Crippen LogP contribution >= 0.6 is 0 Å². The lowest BCUT2D eigenvalue weighted by molar-refractivity contribution is -0.122. The maximum absolute atomic E-state index is 8.36. The van der Waals surface area contributed by atoms with Gasteiger partial charge in [-0.05, 0) is 44.0 Å². The number of para-hydroxylation sites is 2. The summed E-state index contributed by atoms with van der Waals surface area (Å²) in [6, 6.07) is 13.7. The highest BCUT2D eigenvalue weighted by Crippen LogP contribution is 2.35. The Morgan fingerprint density at radius 3 is 2.80 bits per heavy atom. The lowest BCUT2D eigenvalue weighted by Gasteiger charge is -2.30. The first-order valence-electron chi connectivity index (χ1n) is 11.3. The Balaban J connectivity index is 0.000000806. The zero-order valence-electron chi connectivity index (χ0n) is 19.1. The maximum atomic E-state index is 8.36. The van der Waals surface area contributed by atoms with Gasteiger partial charge in [0.15, 0.2) is 11.3 Å². The van der Waals surface area contributed by atoms with E-state index in [0.29, 0.717) is 24.6 Å². The van der Waals surface area contributed by atoms with Gasteiger partial charge >= 0.3 is 0 Å². The zero-order chi connectivity index (χ0) is 24.4.